The first kappa shape index (κ1) is 59.3. The van der Waals surface area contributed by atoms with E-state index in [0.717, 1.165) is 51.4 Å². The molecule has 1 heterocycles. The van der Waals surface area contributed by atoms with Crippen molar-refractivity contribution in [1.82, 2.24) is 15.9 Å². The Labute approximate surface area is 403 Å². The van der Waals surface area contributed by atoms with E-state index in [9.17, 15) is 38.7 Å². The lowest BCUT2D eigenvalue weighted by Gasteiger charge is -2.41. The number of nitrogens with two attached hydrogens (primary N) is 1. The van der Waals surface area contributed by atoms with Crippen molar-refractivity contribution in [2.45, 2.75) is 257 Å². The highest BCUT2D eigenvalue weighted by Crippen LogP contribution is 2.22. The highest BCUT2D eigenvalue weighted by molar-refractivity contribution is 5.92. The van der Waals surface area contributed by atoms with Crippen molar-refractivity contribution < 1.29 is 63.8 Å². The van der Waals surface area contributed by atoms with E-state index >= 15 is 0 Å². The van der Waals surface area contributed by atoms with Crippen molar-refractivity contribution in [3.05, 3.63) is 0 Å². The van der Waals surface area contributed by atoms with Crippen LogP contribution in [0.4, 0.5) is 0 Å². The number of esters is 3. The van der Waals surface area contributed by atoms with E-state index in [2.05, 4.69) is 29.2 Å². The number of rotatable bonds is 40. The van der Waals surface area contributed by atoms with Gasteiger partial charge in [0.2, 0.25) is 23.6 Å². The van der Waals surface area contributed by atoms with Crippen LogP contribution in [0.2, 0.25) is 1.41 Å². The molecule has 0 radical (unpaired) electrons. The highest BCUT2D eigenvalue weighted by Gasteiger charge is 2.43. The third-order valence-electron chi connectivity index (χ3n) is 12.1. The molecule has 1 saturated heterocycles. The Hall–Kier alpha value is -3.83. The molecule has 1 aliphatic rings. The Morgan fingerprint density at radius 2 is 1.24 bits per heavy atom. The van der Waals surface area contributed by atoms with Gasteiger partial charge in [-0.3, -0.25) is 33.6 Å². The molecule has 67 heavy (non-hydrogen) atoms. The van der Waals surface area contributed by atoms with Gasteiger partial charge in [-0.1, -0.05) is 142 Å². The molecule has 17 heteroatoms. The molecular formula is C50H90N4O13. The van der Waals surface area contributed by atoms with E-state index in [4.69, 9.17) is 26.1 Å². The van der Waals surface area contributed by atoms with Crippen molar-refractivity contribution in [3.63, 3.8) is 0 Å². The SMILES string of the molecule is [2H]N(C(=O)[C@@H](C)O[C@H]1[C@H](O)[C@@H](COC(=O)C[C@@H](CCCCCCCCCCC)OC(=O)CCCCCCCCCCCCCCC)OC[C@@H]1NC(C)=O)[C@@H](C)C(=O)N[C@@H](CCC(=O)OC)C(N)=O. The van der Waals surface area contributed by atoms with Gasteiger partial charge < -0.3 is 50.5 Å². The average molecular weight is 956 g/mol. The van der Waals surface area contributed by atoms with Gasteiger partial charge in [0.25, 0.3) is 0 Å². The second-order valence-electron chi connectivity index (χ2n) is 18.2. The van der Waals surface area contributed by atoms with E-state index in [0.29, 0.717) is 11.7 Å². The van der Waals surface area contributed by atoms with E-state index < -0.39 is 90.8 Å². The molecule has 17 nitrogen and oxygen atoms in total. The minimum Gasteiger partial charge on any atom is -0.469 e. The third kappa shape index (κ3) is 29.6. The molecule has 1 aliphatic heterocycles. The number of carbonyl (C=O) groups excluding carboxylic acids is 7. The summed E-state index contributed by atoms with van der Waals surface area (Å²) in [6.45, 7) is 7.62. The van der Waals surface area contributed by atoms with Gasteiger partial charge in [0, 0.05) is 19.8 Å². The number of ether oxygens (including phenoxy) is 5. The molecule has 0 unspecified atom stereocenters. The molecule has 0 spiro atoms. The number of hydrogen-bond donors (Lipinski definition) is 5. The second kappa shape index (κ2) is 38.1. The quantitative estimate of drug-likeness (QED) is 0.0244. The lowest BCUT2D eigenvalue weighted by atomic mass is 9.97. The lowest BCUT2D eigenvalue weighted by Crippen LogP contribution is -2.62. The predicted octanol–water partition coefficient (Wildman–Crippen LogP) is 6.70. The van der Waals surface area contributed by atoms with Crippen LogP contribution in [0.5, 0.6) is 0 Å². The summed E-state index contributed by atoms with van der Waals surface area (Å²) < 4.78 is 36.1. The molecule has 0 aromatic heterocycles. The van der Waals surface area contributed by atoms with E-state index in [1.807, 2.05) is 0 Å². The maximum Gasteiger partial charge on any atom is 0.309 e. The molecule has 0 saturated carbocycles. The molecular weight excluding hydrogens is 865 g/mol. The summed E-state index contributed by atoms with van der Waals surface area (Å²) in [6, 6.07) is -3.68. The highest BCUT2D eigenvalue weighted by atomic mass is 16.6. The van der Waals surface area contributed by atoms with Gasteiger partial charge in [0.05, 0.1) is 26.2 Å². The zero-order valence-electron chi connectivity index (χ0n) is 43.0. The maximum atomic E-state index is 13.4. The number of unbranched alkanes of at least 4 members (excludes halogenated alkanes) is 20. The smallest absolute Gasteiger partial charge is 0.309 e. The maximum absolute atomic E-state index is 13.4. The molecule has 0 aromatic carbocycles. The summed E-state index contributed by atoms with van der Waals surface area (Å²) in [7, 11) is 1.17. The van der Waals surface area contributed by atoms with Gasteiger partial charge in [-0.05, 0) is 39.5 Å². The van der Waals surface area contributed by atoms with Crippen LogP contribution in [0.15, 0.2) is 0 Å². The number of aliphatic hydroxyl groups is 1. The Morgan fingerprint density at radius 3 is 1.75 bits per heavy atom. The summed E-state index contributed by atoms with van der Waals surface area (Å²) in [5.41, 5.74) is 5.38. The summed E-state index contributed by atoms with van der Waals surface area (Å²) in [6.07, 6.45) is 19.8. The van der Waals surface area contributed by atoms with Gasteiger partial charge in [0.1, 0.15) is 49.2 Å². The monoisotopic (exact) mass is 956 g/mol. The van der Waals surface area contributed by atoms with Gasteiger partial charge >= 0.3 is 17.9 Å². The molecule has 1 fully saturated rings. The molecule has 0 aliphatic carbocycles. The predicted molar refractivity (Wildman–Crippen MR) is 255 cm³/mol. The van der Waals surface area contributed by atoms with Crippen LogP contribution in [-0.2, 0) is 57.2 Å². The molecule has 0 bridgehead atoms. The number of methoxy groups -OCH3 is 1. The first-order valence-corrected chi connectivity index (χ1v) is 25.6. The minimum atomic E-state index is -1.54. The zero-order chi connectivity index (χ0) is 50.7. The number of amides is 4. The second-order valence-corrected chi connectivity index (χ2v) is 18.2. The molecule has 388 valence electrons. The average Bonchev–Trinajstić information content (AvgIpc) is 3.30. The Kier molecular flexibility index (Phi) is 33.7. The van der Waals surface area contributed by atoms with Crippen molar-refractivity contribution in [2.75, 3.05) is 20.3 Å². The third-order valence-corrected chi connectivity index (χ3v) is 12.1. The van der Waals surface area contributed by atoms with Crippen LogP contribution >= 0.6 is 0 Å². The number of aliphatic hydroxyl groups excluding tert-OH is 1. The van der Waals surface area contributed by atoms with Crippen LogP contribution in [0, 0.1) is 0 Å². The van der Waals surface area contributed by atoms with E-state index in [-0.39, 0.29) is 38.3 Å². The van der Waals surface area contributed by atoms with Crippen LogP contribution in [0.1, 0.15) is 208 Å². The minimum absolute atomic E-state index is 0.165. The van der Waals surface area contributed by atoms with Crippen molar-refractivity contribution in [1.29, 1.82) is 0 Å². The van der Waals surface area contributed by atoms with Crippen LogP contribution in [0.3, 0.4) is 0 Å². The van der Waals surface area contributed by atoms with Crippen LogP contribution in [-0.4, -0.2) is 116 Å². The number of carbonyl (C=O) groups is 7. The van der Waals surface area contributed by atoms with E-state index in [1.54, 1.807) is 0 Å². The topological polar surface area (TPSA) is 248 Å². The number of hydrogen-bond acceptors (Lipinski definition) is 13. The Balaban J connectivity index is 2.83. The van der Waals surface area contributed by atoms with Gasteiger partial charge in [-0.15, -0.1) is 0 Å². The van der Waals surface area contributed by atoms with Crippen molar-refractivity contribution in [2.24, 2.45) is 5.73 Å². The summed E-state index contributed by atoms with van der Waals surface area (Å²) in [5, 5.41) is 16.8. The Bertz CT molecular complexity index is 1460. The molecule has 4 amide bonds. The lowest BCUT2D eigenvalue weighted by molar-refractivity contribution is -0.198. The van der Waals surface area contributed by atoms with Crippen LogP contribution < -0.4 is 21.7 Å². The van der Waals surface area contributed by atoms with E-state index in [1.165, 1.54) is 118 Å². The summed E-state index contributed by atoms with van der Waals surface area (Å²) in [5.74, 6) is -4.93. The number of primary amides is 1. The Morgan fingerprint density at radius 1 is 0.716 bits per heavy atom. The van der Waals surface area contributed by atoms with Gasteiger partial charge in [-0.25, -0.2) is 0 Å². The van der Waals surface area contributed by atoms with Gasteiger partial charge in [0.15, 0.2) is 1.41 Å². The van der Waals surface area contributed by atoms with Crippen molar-refractivity contribution >= 4 is 41.5 Å². The summed E-state index contributed by atoms with van der Waals surface area (Å²) >= 11 is 0. The summed E-state index contributed by atoms with van der Waals surface area (Å²) in [4.78, 5) is 88.2. The molecule has 8 atom stereocenters. The van der Waals surface area contributed by atoms with Crippen LogP contribution in [0.25, 0.3) is 0 Å². The molecule has 6 N–H and O–H groups in total. The fourth-order valence-electron chi connectivity index (χ4n) is 8.00. The van der Waals surface area contributed by atoms with Gasteiger partial charge in [-0.2, -0.15) is 0 Å². The molecule has 0 aromatic rings. The standard InChI is InChI=1S/C50H90N4O13/c1-7-9-11-13-15-17-18-19-20-22-24-26-28-30-44(57)67-39(29-27-25-23-21-16-14-12-10-8-2)33-45(58)65-35-42-46(59)47(41(34-64-42)53-38(5)55)66-37(4)50(62)52-36(3)49(61)54-40(48(51)60)31-32-43(56)63-6/h36-37,39-42,46-47,59H,7-35H2,1-6H3,(H2,51,60)(H,52,62)(H,53,55)(H,54,61)/t36-,37+,39+,40-,41-,42+,46+,47+/m0/s1/i/hD. The zero-order valence-corrected chi connectivity index (χ0v) is 42.0. The molecule has 1 rings (SSSR count). The number of nitrogens with one attached hydrogen (secondary N) is 3. The fraction of sp³-hybridized carbons (Fsp3) is 0.860. The first-order valence-electron chi connectivity index (χ1n) is 26.1. The first-order chi connectivity index (χ1) is 32.6. The van der Waals surface area contributed by atoms with Crippen molar-refractivity contribution in [3.8, 4) is 0 Å². The normalized spacial score (nSPS) is 18.9. The fourth-order valence-corrected chi connectivity index (χ4v) is 8.00. The largest absolute Gasteiger partial charge is 0.469 e.